The molecule has 1 aromatic rings. The normalized spacial score (nSPS) is 23.0. The van der Waals surface area contributed by atoms with Crippen LogP contribution in [0.25, 0.3) is 0 Å². The minimum atomic E-state index is -0.632. The standard InChI is InChI=1S/C16H25NO4/c1-11-12(6-7-21-11)9-17-10-15(18)14-8-13(19-2)4-5-16(14)20-3/h4-5,8,11-12,15,17-18H,6-7,9-10H2,1-3H3. The molecule has 0 spiro atoms. The van der Waals surface area contributed by atoms with Crippen molar-refractivity contribution in [3.63, 3.8) is 0 Å². The van der Waals surface area contributed by atoms with Gasteiger partial charge in [-0.25, -0.2) is 0 Å². The van der Waals surface area contributed by atoms with Crippen LogP contribution in [0.1, 0.15) is 25.0 Å². The highest BCUT2D eigenvalue weighted by Crippen LogP contribution is 2.29. The van der Waals surface area contributed by atoms with Gasteiger partial charge in [0.05, 0.1) is 26.4 Å². The summed E-state index contributed by atoms with van der Waals surface area (Å²) in [6.45, 7) is 4.26. The highest BCUT2D eigenvalue weighted by molar-refractivity contribution is 5.41. The van der Waals surface area contributed by atoms with E-state index in [4.69, 9.17) is 14.2 Å². The summed E-state index contributed by atoms with van der Waals surface area (Å²) in [4.78, 5) is 0. The summed E-state index contributed by atoms with van der Waals surface area (Å²) >= 11 is 0. The van der Waals surface area contributed by atoms with Crippen LogP contribution in [0, 0.1) is 5.92 Å². The first kappa shape index (κ1) is 16.1. The van der Waals surface area contributed by atoms with E-state index in [1.807, 2.05) is 18.2 Å². The molecule has 1 fully saturated rings. The van der Waals surface area contributed by atoms with Gasteiger partial charge in [0.25, 0.3) is 0 Å². The van der Waals surface area contributed by atoms with Crippen molar-refractivity contribution in [2.24, 2.45) is 5.92 Å². The minimum absolute atomic E-state index is 0.293. The Hall–Kier alpha value is -1.30. The molecule has 0 radical (unpaired) electrons. The number of hydrogen-bond acceptors (Lipinski definition) is 5. The maximum absolute atomic E-state index is 10.4. The number of nitrogens with one attached hydrogen (secondary N) is 1. The maximum Gasteiger partial charge on any atom is 0.124 e. The van der Waals surface area contributed by atoms with Crippen LogP contribution in [-0.4, -0.2) is 45.1 Å². The lowest BCUT2D eigenvalue weighted by Gasteiger charge is -2.19. The molecule has 1 saturated heterocycles. The third-order valence-corrected chi connectivity index (χ3v) is 4.07. The Bertz CT molecular complexity index is 452. The Morgan fingerprint density at radius 3 is 2.81 bits per heavy atom. The average Bonchev–Trinajstić information content (AvgIpc) is 2.91. The summed E-state index contributed by atoms with van der Waals surface area (Å²) in [5.74, 6) is 1.90. The van der Waals surface area contributed by atoms with Gasteiger partial charge in [-0.2, -0.15) is 0 Å². The number of methoxy groups -OCH3 is 2. The van der Waals surface area contributed by atoms with Gasteiger partial charge in [0.1, 0.15) is 11.5 Å². The van der Waals surface area contributed by atoms with Gasteiger partial charge in [-0.15, -0.1) is 0 Å². The molecule has 0 aromatic heterocycles. The second kappa shape index (κ2) is 7.64. The Morgan fingerprint density at radius 1 is 1.38 bits per heavy atom. The third-order valence-electron chi connectivity index (χ3n) is 4.07. The van der Waals surface area contributed by atoms with Crippen LogP contribution >= 0.6 is 0 Å². The Labute approximate surface area is 126 Å². The molecule has 21 heavy (non-hydrogen) atoms. The van der Waals surface area contributed by atoms with Crippen LogP contribution < -0.4 is 14.8 Å². The Kier molecular flexibility index (Phi) is 5.85. The van der Waals surface area contributed by atoms with E-state index < -0.39 is 6.10 Å². The minimum Gasteiger partial charge on any atom is -0.497 e. The zero-order valence-corrected chi connectivity index (χ0v) is 13.0. The molecule has 5 nitrogen and oxygen atoms in total. The summed E-state index contributed by atoms with van der Waals surface area (Å²) in [7, 11) is 3.21. The summed E-state index contributed by atoms with van der Waals surface area (Å²) in [6, 6.07) is 5.44. The molecule has 0 saturated carbocycles. The van der Waals surface area contributed by atoms with E-state index in [2.05, 4.69) is 12.2 Å². The number of benzene rings is 1. The van der Waals surface area contributed by atoms with Gasteiger partial charge in [0, 0.05) is 25.3 Å². The fraction of sp³-hybridized carbons (Fsp3) is 0.625. The van der Waals surface area contributed by atoms with Crippen molar-refractivity contribution in [2.45, 2.75) is 25.6 Å². The molecule has 5 heteroatoms. The van der Waals surface area contributed by atoms with Crippen LogP contribution in [0.5, 0.6) is 11.5 Å². The van der Waals surface area contributed by atoms with Gasteiger partial charge >= 0.3 is 0 Å². The average molecular weight is 295 g/mol. The van der Waals surface area contributed by atoms with E-state index in [0.717, 1.165) is 25.1 Å². The van der Waals surface area contributed by atoms with E-state index >= 15 is 0 Å². The predicted octanol–water partition coefficient (Wildman–Crippen LogP) is 1.75. The van der Waals surface area contributed by atoms with Crippen molar-refractivity contribution < 1.29 is 19.3 Å². The van der Waals surface area contributed by atoms with Crippen molar-refractivity contribution in [3.8, 4) is 11.5 Å². The molecule has 1 aliphatic rings. The molecular formula is C16H25NO4. The zero-order valence-electron chi connectivity index (χ0n) is 13.0. The lowest BCUT2D eigenvalue weighted by atomic mass is 10.0. The number of rotatable bonds is 7. The number of hydrogen-bond donors (Lipinski definition) is 2. The first-order valence-corrected chi connectivity index (χ1v) is 7.38. The highest BCUT2D eigenvalue weighted by atomic mass is 16.5. The largest absolute Gasteiger partial charge is 0.497 e. The summed E-state index contributed by atoms with van der Waals surface area (Å²) in [5.41, 5.74) is 0.736. The quantitative estimate of drug-likeness (QED) is 0.802. The van der Waals surface area contributed by atoms with Gasteiger partial charge in [-0.05, 0) is 37.5 Å². The molecule has 3 unspecified atom stereocenters. The SMILES string of the molecule is COc1ccc(OC)c(C(O)CNCC2CCOC2C)c1. The van der Waals surface area contributed by atoms with Crippen LogP contribution in [0.2, 0.25) is 0 Å². The lowest BCUT2D eigenvalue weighted by Crippen LogP contribution is -2.30. The molecule has 118 valence electrons. The molecule has 2 rings (SSSR count). The van der Waals surface area contributed by atoms with Gasteiger partial charge in [-0.3, -0.25) is 0 Å². The Morgan fingerprint density at radius 2 is 2.19 bits per heavy atom. The van der Waals surface area contributed by atoms with Crippen LogP contribution in [-0.2, 0) is 4.74 Å². The van der Waals surface area contributed by atoms with Crippen molar-refractivity contribution in [3.05, 3.63) is 23.8 Å². The first-order chi connectivity index (χ1) is 10.2. The van der Waals surface area contributed by atoms with Gasteiger partial charge in [0.15, 0.2) is 0 Å². The summed E-state index contributed by atoms with van der Waals surface area (Å²) < 4.78 is 16.0. The molecule has 0 amide bonds. The second-order valence-electron chi connectivity index (χ2n) is 5.41. The smallest absolute Gasteiger partial charge is 0.124 e. The highest BCUT2D eigenvalue weighted by Gasteiger charge is 2.24. The van der Waals surface area contributed by atoms with Gasteiger partial charge < -0.3 is 24.6 Å². The molecule has 1 aliphatic heterocycles. The monoisotopic (exact) mass is 295 g/mol. The lowest BCUT2D eigenvalue weighted by molar-refractivity contribution is 0.103. The number of aliphatic hydroxyl groups is 1. The number of aliphatic hydroxyl groups excluding tert-OH is 1. The summed E-state index contributed by atoms with van der Waals surface area (Å²) in [6.07, 6.45) is 0.737. The van der Waals surface area contributed by atoms with Gasteiger partial charge in [0.2, 0.25) is 0 Å². The molecule has 3 atom stereocenters. The topological polar surface area (TPSA) is 60.0 Å². The van der Waals surface area contributed by atoms with E-state index in [9.17, 15) is 5.11 Å². The molecule has 2 N–H and O–H groups in total. The maximum atomic E-state index is 10.4. The van der Waals surface area contributed by atoms with E-state index in [0.29, 0.717) is 30.1 Å². The van der Waals surface area contributed by atoms with E-state index in [1.165, 1.54) is 0 Å². The van der Waals surface area contributed by atoms with Crippen molar-refractivity contribution >= 4 is 0 Å². The predicted molar refractivity (Wildman–Crippen MR) is 80.9 cm³/mol. The third kappa shape index (κ3) is 4.09. The molecule has 0 aliphatic carbocycles. The van der Waals surface area contributed by atoms with E-state index in [1.54, 1.807) is 14.2 Å². The van der Waals surface area contributed by atoms with Crippen LogP contribution in [0.3, 0.4) is 0 Å². The van der Waals surface area contributed by atoms with Crippen LogP contribution in [0.4, 0.5) is 0 Å². The van der Waals surface area contributed by atoms with E-state index in [-0.39, 0.29) is 0 Å². The molecule has 0 bridgehead atoms. The zero-order chi connectivity index (χ0) is 15.2. The summed E-state index contributed by atoms with van der Waals surface area (Å²) in [5, 5.41) is 13.7. The molecular weight excluding hydrogens is 270 g/mol. The van der Waals surface area contributed by atoms with Crippen molar-refractivity contribution in [1.29, 1.82) is 0 Å². The first-order valence-electron chi connectivity index (χ1n) is 7.38. The van der Waals surface area contributed by atoms with Gasteiger partial charge in [-0.1, -0.05) is 0 Å². The fourth-order valence-corrected chi connectivity index (χ4v) is 2.66. The Balaban J connectivity index is 1.91. The van der Waals surface area contributed by atoms with Crippen molar-refractivity contribution in [2.75, 3.05) is 33.9 Å². The molecule has 1 heterocycles. The molecule has 1 aromatic carbocycles. The van der Waals surface area contributed by atoms with Crippen LogP contribution in [0.15, 0.2) is 18.2 Å². The second-order valence-corrected chi connectivity index (χ2v) is 5.41. The number of ether oxygens (including phenoxy) is 3. The van der Waals surface area contributed by atoms with Crippen molar-refractivity contribution in [1.82, 2.24) is 5.32 Å². The fourth-order valence-electron chi connectivity index (χ4n) is 2.66.